The van der Waals surface area contributed by atoms with Gasteiger partial charge < -0.3 is 9.47 Å². The second kappa shape index (κ2) is 8.12. The highest BCUT2D eigenvalue weighted by Gasteiger charge is 2.22. The number of non-ortho nitro benzene ring substituents is 1. The number of aromatic amines is 1. The van der Waals surface area contributed by atoms with Gasteiger partial charge in [-0.05, 0) is 25.1 Å². The van der Waals surface area contributed by atoms with Gasteiger partial charge in [0.15, 0.2) is 5.69 Å². The Kier molecular flexibility index (Phi) is 5.44. The lowest BCUT2D eigenvalue weighted by Gasteiger charge is -2.08. The number of nitrogens with zero attached hydrogens (tertiary/aromatic N) is 4. The molecule has 148 valence electrons. The molecular formula is C17H13N5O7. The van der Waals surface area contributed by atoms with Gasteiger partial charge in [-0.1, -0.05) is 12.1 Å². The number of H-pyrrole nitrogens is 1. The lowest BCUT2D eigenvalue weighted by atomic mass is 10.1. The number of hydrogen-bond acceptors (Lipinski definition) is 9. The molecule has 3 aromatic rings. The highest BCUT2D eigenvalue weighted by Crippen LogP contribution is 2.35. The summed E-state index contributed by atoms with van der Waals surface area (Å²) >= 11 is 0. The molecule has 1 aromatic heterocycles. The van der Waals surface area contributed by atoms with E-state index in [4.69, 9.17) is 9.47 Å². The minimum Gasteiger partial charge on any atom is -0.461 e. The Labute approximate surface area is 162 Å². The normalized spacial score (nSPS) is 10.4. The lowest BCUT2D eigenvalue weighted by molar-refractivity contribution is -0.394. The van der Waals surface area contributed by atoms with Crippen molar-refractivity contribution >= 4 is 17.3 Å². The molecule has 0 atom stereocenters. The molecule has 2 aromatic carbocycles. The molecule has 1 heterocycles. The van der Waals surface area contributed by atoms with Crippen molar-refractivity contribution in [3.05, 3.63) is 68.4 Å². The molecule has 12 nitrogen and oxygen atoms in total. The predicted octanol–water partition coefficient (Wildman–Crippen LogP) is 3.26. The van der Waals surface area contributed by atoms with Gasteiger partial charge in [0.25, 0.3) is 5.69 Å². The van der Waals surface area contributed by atoms with Crippen molar-refractivity contribution < 1.29 is 24.1 Å². The van der Waals surface area contributed by atoms with Crippen molar-refractivity contribution in [2.45, 2.75) is 6.92 Å². The molecule has 0 spiro atoms. The Morgan fingerprint density at radius 3 is 2.59 bits per heavy atom. The van der Waals surface area contributed by atoms with E-state index in [0.717, 1.165) is 18.2 Å². The van der Waals surface area contributed by atoms with Crippen LogP contribution in [0.25, 0.3) is 11.3 Å². The topological polar surface area (TPSA) is 163 Å². The first-order chi connectivity index (χ1) is 13.9. The van der Waals surface area contributed by atoms with E-state index >= 15 is 0 Å². The van der Waals surface area contributed by atoms with Gasteiger partial charge in [0, 0.05) is 11.6 Å². The van der Waals surface area contributed by atoms with Gasteiger partial charge in [-0.15, -0.1) is 5.10 Å². The number of ether oxygens (including phenoxy) is 2. The number of carbonyl (C=O) groups excluding carboxylic acids is 1. The minimum atomic E-state index is -0.775. The van der Waals surface area contributed by atoms with E-state index in [2.05, 4.69) is 15.4 Å². The van der Waals surface area contributed by atoms with E-state index in [1.165, 1.54) is 12.1 Å². The predicted molar refractivity (Wildman–Crippen MR) is 97.6 cm³/mol. The molecule has 0 fully saturated rings. The molecule has 0 saturated carbocycles. The number of nitro benzene ring substituents is 2. The van der Waals surface area contributed by atoms with Crippen LogP contribution in [0.1, 0.15) is 17.4 Å². The summed E-state index contributed by atoms with van der Waals surface area (Å²) in [6.45, 7) is 1.82. The van der Waals surface area contributed by atoms with Crippen LogP contribution in [0.5, 0.6) is 11.5 Å². The molecule has 0 amide bonds. The summed E-state index contributed by atoms with van der Waals surface area (Å²) in [7, 11) is 0. The van der Waals surface area contributed by atoms with E-state index < -0.39 is 27.2 Å². The van der Waals surface area contributed by atoms with E-state index in [0.29, 0.717) is 5.56 Å². The van der Waals surface area contributed by atoms with Gasteiger partial charge in [-0.25, -0.2) is 4.79 Å². The van der Waals surface area contributed by atoms with E-state index in [1.807, 2.05) is 0 Å². The maximum absolute atomic E-state index is 12.0. The number of esters is 1. The summed E-state index contributed by atoms with van der Waals surface area (Å²) in [6, 6.07) is 9.30. The minimum absolute atomic E-state index is 0.0229. The third-order valence-corrected chi connectivity index (χ3v) is 3.70. The fraction of sp³-hybridized carbons (Fsp3) is 0.118. The second-order valence-corrected chi connectivity index (χ2v) is 5.54. The number of nitro groups is 2. The fourth-order valence-corrected chi connectivity index (χ4v) is 2.46. The number of benzene rings is 2. The van der Waals surface area contributed by atoms with Crippen LogP contribution in [-0.4, -0.2) is 37.8 Å². The summed E-state index contributed by atoms with van der Waals surface area (Å²) in [5.74, 6) is -0.644. The Balaban J connectivity index is 1.94. The van der Waals surface area contributed by atoms with E-state index in [9.17, 15) is 25.0 Å². The van der Waals surface area contributed by atoms with Crippen LogP contribution >= 0.6 is 0 Å². The summed E-state index contributed by atoms with van der Waals surface area (Å²) in [4.78, 5) is 32.6. The molecule has 0 aliphatic rings. The SMILES string of the molecule is CCOC(=O)c1n[nH]nc1-c1cccc(Oc2ccc([N+](=O)[O-])cc2[N+](=O)[O-])c1. The Morgan fingerprint density at radius 1 is 1.10 bits per heavy atom. The van der Waals surface area contributed by atoms with Gasteiger partial charge in [0.2, 0.25) is 5.75 Å². The van der Waals surface area contributed by atoms with Gasteiger partial charge in [-0.2, -0.15) is 10.3 Å². The molecule has 0 unspecified atom stereocenters. The molecule has 3 rings (SSSR count). The zero-order valence-corrected chi connectivity index (χ0v) is 14.9. The number of carbonyl (C=O) groups is 1. The van der Waals surface area contributed by atoms with Crippen molar-refractivity contribution in [2.24, 2.45) is 0 Å². The van der Waals surface area contributed by atoms with Gasteiger partial charge in [0.05, 0.1) is 22.5 Å². The molecule has 0 bridgehead atoms. The summed E-state index contributed by atoms with van der Waals surface area (Å²) in [6.07, 6.45) is 0. The molecule has 0 saturated heterocycles. The standard InChI is InChI=1S/C17H13N5O7/c1-2-28-17(23)16-15(18-20-19-16)10-4-3-5-12(8-10)29-14-7-6-11(21(24)25)9-13(14)22(26)27/h3-9H,2H2,1H3,(H,18,19,20). The maximum atomic E-state index is 12.0. The van der Waals surface area contributed by atoms with Crippen LogP contribution in [-0.2, 0) is 4.74 Å². The van der Waals surface area contributed by atoms with Crippen molar-refractivity contribution in [2.75, 3.05) is 6.61 Å². The fourth-order valence-electron chi connectivity index (χ4n) is 2.46. The maximum Gasteiger partial charge on any atom is 0.361 e. The first-order valence-electron chi connectivity index (χ1n) is 8.19. The molecule has 12 heteroatoms. The molecule has 1 N–H and O–H groups in total. The smallest absolute Gasteiger partial charge is 0.361 e. The summed E-state index contributed by atoms with van der Waals surface area (Å²) in [5, 5.41) is 32.2. The quantitative estimate of drug-likeness (QED) is 0.356. The van der Waals surface area contributed by atoms with Crippen molar-refractivity contribution in [3.8, 4) is 22.8 Å². The van der Waals surface area contributed by atoms with Crippen molar-refractivity contribution in [1.82, 2.24) is 15.4 Å². The van der Waals surface area contributed by atoms with E-state index in [1.54, 1.807) is 19.1 Å². The number of nitrogens with one attached hydrogen (secondary N) is 1. The van der Waals surface area contributed by atoms with Crippen molar-refractivity contribution in [3.63, 3.8) is 0 Å². The molecular weight excluding hydrogens is 386 g/mol. The van der Waals surface area contributed by atoms with Crippen LogP contribution < -0.4 is 4.74 Å². The summed E-state index contributed by atoms with van der Waals surface area (Å²) in [5.41, 5.74) is -0.348. The largest absolute Gasteiger partial charge is 0.461 e. The van der Waals surface area contributed by atoms with Crippen LogP contribution in [0, 0.1) is 20.2 Å². The monoisotopic (exact) mass is 399 g/mol. The van der Waals surface area contributed by atoms with Gasteiger partial charge >= 0.3 is 11.7 Å². The number of hydrogen-bond donors (Lipinski definition) is 1. The first kappa shape index (κ1) is 19.4. The number of rotatable bonds is 7. The Bertz CT molecular complexity index is 1100. The van der Waals surface area contributed by atoms with E-state index in [-0.39, 0.29) is 29.5 Å². The van der Waals surface area contributed by atoms with Crippen LogP contribution in [0.2, 0.25) is 0 Å². The molecule has 0 aliphatic carbocycles. The third-order valence-electron chi connectivity index (χ3n) is 3.70. The highest BCUT2D eigenvalue weighted by molar-refractivity contribution is 5.94. The van der Waals surface area contributed by atoms with Gasteiger partial charge in [0.1, 0.15) is 11.4 Å². The lowest BCUT2D eigenvalue weighted by Crippen LogP contribution is -2.06. The third kappa shape index (κ3) is 4.16. The van der Waals surface area contributed by atoms with Crippen LogP contribution in [0.15, 0.2) is 42.5 Å². The molecule has 29 heavy (non-hydrogen) atoms. The van der Waals surface area contributed by atoms with Crippen LogP contribution in [0.4, 0.5) is 11.4 Å². The Morgan fingerprint density at radius 2 is 1.90 bits per heavy atom. The van der Waals surface area contributed by atoms with Crippen LogP contribution in [0.3, 0.4) is 0 Å². The zero-order valence-electron chi connectivity index (χ0n) is 14.9. The molecule has 0 radical (unpaired) electrons. The zero-order chi connectivity index (χ0) is 21.0. The Hall–Kier alpha value is -4.35. The number of aromatic nitrogens is 3. The average Bonchev–Trinajstić information content (AvgIpc) is 3.18. The molecule has 0 aliphatic heterocycles. The first-order valence-corrected chi connectivity index (χ1v) is 8.19. The summed E-state index contributed by atoms with van der Waals surface area (Å²) < 4.78 is 10.5. The van der Waals surface area contributed by atoms with Crippen molar-refractivity contribution in [1.29, 1.82) is 0 Å². The second-order valence-electron chi connectivity index (χ2n) is 5.54. The highest BCUT2D eigenvalue weighted by atomic mass is 16.6. The average molecular weight is 399 g/mol. The van der Waals surface area contributed by atoms with Gasteiger partial charge in [-0.3, -0.25) is 20.2 Å².